The number of hydrogen-bond acceptors (Lipinski definition) is 0. The van der Waals surface area contributed by atoms with Crippen molar-refractivity contribution in [3.05, 3.63) is 0 Å². The summed E-state index contributed by atoms with van der Waals surface area (Å²) in [6.45, 7) is 2.40. The van der Waals surface area contributed by atoms with Gasteiger partial charge in [0.2, 0.25) is 0 Å². The molecular weight excluding hydrogens is 86.0 g/mol. The van der Waals surface area contributed by atoms with E-state index in [0.29, 0.717) is 0 Å². The van der Waals surface area contributed by atoms with Crippen molar-refractivity contribution in [1.29, 1.82) is 0 Å². The topological polar surface area (TPSA) is 0 Å². The van der Waals surface area contributed by atoms with E-state index in [1.54, 1.807) is 0 Å². The number of hydrogen-bond donors (Lipinski definition) is 0. The minimum atomic E-state index is -1.31. The first kappa shape index (κ1) is 5.86. The summed E-state index contributed by atoms with van der Waals surface area (Å²) in [5.41, 5.74) is 0. The van der Waals surface area contributed by atoms with E-state index < -0.39 is 12.3 Å². The van der Waals surface area contributed by atoms with Crippen LogP contribution in [0.15, 0.2) is 0 Å². The Labute approximate surface area is 36.2 Å². The van der Waals surface area contributed by atoms with Gasteiger partial charge in [-0.3, -0.25) is 0 Å². The Hall–Kier alpha value is -0.140. The van der Waals surface area contributed by atoms with Crippen LogP contribution in [0.2, 0.25) is 0 Å². The summed E-state index contributed by atoms with van der Waals surface area (Å²) in [5, 5.41) is 0. The standard InChI is InChI=1S/C4H8F2/c1-3(5)4(2)6/h3-4H,1-2H3/t3-,4-/m0/s1. The lowest BCUT2D eigenvalue weighted by atomic mass is 10.3. The second-order valence-electron chi connectivity index (χ2n) is 1.36. The Bertz CT molecular complexity index is 26.5. The molecule has 0 aliphatic heterocycles. The molecular formula is C4H8F2. The maximum Gasteiger partial charge on any atom is 0.128 e. The molecule has 0 aromatic rings. The molecule has 0 fully saturated rings. The zero-order chi connectivity index (χ0) is 5.15. The average molecular weight is 94.1 g/mol. The van der Waals surface area contributed by atoms with Gasteiger partial charge in [0.05, 0.1) is 0 Å². The van der Waals surface area contributed by atoms with Gasteiger partial charge in [0, 0.05) is 0 Å². The van der Waals surface area contributed by atoms with Gasteiger partial charge >= 0.3 is 0 Å². The van der Waals surface area contributed by atoms with Crippen molar-refractivity contribution >= 4 is 0 Å². The van der Waals surface area contributed by atoms with Crippen molar-refractivity contribution in [3.63, 3.8) is 0 Å². The molecule has 6 heavy (non-hydrogen) atoms. The van der Waals surface area contributed by atoms with Crippen molar-refractivity contribution in [2.75, 3.05) is 0 Å². The molecule has 0 rings (SSSR count). The van der Waals surface area contributed by atoms with Gasteiger partial charge in [0.1, 0.15) is 12.3 Å². The molecule has 0 spiro atoms. The fourth-order valence-electron chi connectivity index (χ4n) is 0. The highest BCUT2D eigenvalue weighted by Gasteiger charge is 2.05. The highest BCUT2D eigenvalue weighted by molar-refractivity contribution is 4.52. The SMILES string of the molecule is C[C@H](F)[C@H](C)F. The first-order chi connectivity index (χ1) is 2.64. The number of halogens is 2. The zero-order valence-corrected chi connectivity index (χ0v) is 3.91. The smallest absolute Gasteiger partial charge is 0.128 e. The van der Waals surface area contributed by atoms with Crippen molar-refractivity contribution in [2.24, 2.45) is 0 Å². The van der Waals surface area contributed by atoms with E-state index in [0.717, 1.165) is 0 Å². The lowest BCUT2D eigenvalue weighted by molar-refractivity contribution is 0.199. The van der Waals surface area contributed by atoms with Gasteiger partial charge in [-0.25, -0.2) is 8.78 Å². The predicted octanol–water partition coefficient (Wildman–Crippen LogP) is 1.70. The molecule has 0 aliphatic carbocycles. The van der Waals surface area contributed by atoms with E-state index in [1.807, 2.05) is 0 Å². The minimum Gasteiger partial charge on any atom is -0.245 e. The Morgan fingerprint density at radius 2 is 1.17 bits per heavy atom. The number of rotatable bonds is 1. The van der Waals surface area contributed by atoms with Gasteiger partial charge in [-0.1, -0.05) is 0 Å². The first-order valence-electron chi connectivity index (χ1n) is 1.92. The molecule has 0 amide bonds. The van der Waals surface area contributed by atoms with Gasteiger partial charge < -0.3 is 0 Å². The van der Waals surface area contributed by atoms with Gasteiger partial charge in [-0.15, -0.1) is 0 Å². The Morgan fingerprint density at radius 1 is 1.00 bits per heavy atom. The Morgan fingerprint density at radius 3 is 1.17 bits per heavy atom. The van der Waals surface area contributed by atoms with E-state index >= 15 is 0 Å². The molecule has 0 N–H and O–H groups in total. The van der Waals surface area contributed by atoms with Gasteiger partial charge in [-0.05, 0) is 13.8 Å². The lowest BCUT2D eigenvalue weighted by Crippen LogP contribution is -2.06. The number of alkyl halides is 2. The fraction of sp³-hybridized carbons (Fsp3) is 1.00. The van der Waals surface area contributed by atoms with Crippen LogP contribution in [0.3, 0.4) is 0 Å². The fourth-order valence-corrected chi connectivity index (χ4v) is 0. The molecule has 0 saturated carbocycles. The molecule has 0 heterocycles. The van der Waals surface area contributed by atoms with Crippen LogP contribution in [0.25, 0.3) is 0 Å². The third-order valence-corrected chi connectivity index (χ3v) is 0.633. The minimum absolute atomic E-state index is 1.20. The summed E-state index contributed by atoms with van der Waals surface area (Å²) in [4.78, 5) is 0. The highest BCUT2D eigenvalue weighted by atomic mass is 19.2. The molecule has 0 aromatic heterocycles. The predicted molar refractivity (Wildman–Crippen MR) is 21.1 cm³/mol. The van der Waals surface area contributed by atoms with Crippen LogP contribution < -0.4 is 0 Å². The summed E-state index contributed by atoms with van der Waals surface area (Å²) in [6, 6.07) is 0. The molecule has 2 heteroatoms. The van der Waals surface area contributed by atoms with Crippen LogP contribution in [0, 0.1) is 0 Å². The van der Waals surface area contributed by atoms with Crippen molar-refractivity contribution in [1.82, 2.24) is 0 Å². The second kappa shape index (κ2) is 2.11. The third-order valence-electron chi connectivity index (χ3n) is 0.633. The van der Waals surface area contributed by atoms with Gasteiger partial charge in [-0.2, -0.15) is 0 Å². The van der Waals surface area contributed by atoms with Crippen LogP contribution in [0.5, 0.6) is 0 Å². The van der Waals surface area contributed by atoms with Crippen LogP contribution in [0.4, 0.5) is 8.78 Å². The van der Waals surface area contributed by atoms with Crippen molar-refractivity contribution in [2.45, 2.75) is 26.2 Å². The van der Waals surface area contributed by atoms with Crippen LogP contribution in [-0.4, -0.2) is 12.3 Å². The van der Waals surface area contributed by atoms with E-state index in [4.69, 9.17) is 0 Å². The van der Waals surface area contributed by atoms with Crippen molar-refractivity contribution < 1.29 is 8.78 Å². The van der Waals surface area contributed by atoms with Crippen LogP contribution in [-0.2, 0) is 0 Å². The molecule has 0 bridgehead atoms. The first-order valence-corrected chi connectivity index (χ1v) is 1.92. The second-order valence-corrected chi connectivity index (χ2v) is 1.36. The molecule has 0 saturated heterocycles. The van der Waals surface area contributed by atoms with Crippen LogP contribution >= 0.6 is 0 Å². The van der Waals surface area contributed by atoms with E-state index in [9.17, 15) is 8.78 Å². The van der Waals surface area contributed by atoms with Crippen molar-refractivity contribution in [3.8, 4) is 0 Å². The molecule has 0 aromatic carbocycles. The van der Waals surface area contributed by atoms with E-state index in [2.05, 4.69) is 0 Å². The summed E-state index contributed by atoms with van der Waals surface area (Å²) < 4.78 is 22.9. The maximum absolute atomic E-state index is 11.4. The normalized spacial score (nSPS) is 20.0. The lowest BCUT2D eigenvalue weighted by Gasteiger charge is -1.97. The highest BCUT2D eigenvalue weighted by Crippen LogP contribution is 1.98. The average Bonchev–Trinajstić information content (AvgIpc) is 1.36. The monoisotopic (exact) mass is 94.1 g/mol. The van der Waals surface area contributed by atoms with Crippen LogP contribution in [0.1, 0.15) is 13.8 Å². The third kappa shape index (κ3) is 2.12. The summed E-state index contributed by atoms with van der Waals surface area (Å²) in [6.07, 6.45) is -2.63. The Kier molecular flexibility index (Phi) is 2.06. The van der Waals surface area contributed by atoms with Gasteiger partial charge in [0.15, 0.2) is 0 Å². The quantitative estimate of drug-likeness (QED) is 0.464. The molecule has 0 aliphatic rings. The molecule has 0 radical (unpaired) electrons. The van der Waals surface area contributed by atoms with Gasteiger partial charge in [0.25, 0.3) is 0 Å². The molecule has 0 unspecified atom stereocenters. The summed E-state index contributed by atoms with van der Waals surface area (Å²) >= 11 is 0. The van der Waals surface area contributed by atoms with E-state index in [1.165, 1.54) is 13.8 Å². The maximum atomic E-state index is 11.4. The summed E-state index contributed by atoms with van der Waals surface area (Å²) in [5.74, 6) is 0. The zero-order valence-electron chi connectivity index (χ0n) is 3.91. The molecule has 0 nitrogen and oxygen atoms in total. The Balaban J connectivity index is 2.99. The summed E-state index contributed by atoms with van der Waals surface area (Å²) in [7, 11) is 0. The largest absolute Gasteiger partial charge is 0.245 e. The molecule has 2 atom stereocenters. The molecule has 38 valence electrons. The van der Waals surface area contributed by atoms with E-state index in [-0.39, 0.29) is 0 Å².